The SMILES string of the molecule is CC(C)[C@@H](C(=O)OCc1ccccc1)N(C)C(=O)N1CCN(C(=O)C(C)(C)F)C1CO. The third kappa shape index (κ3) is 5.72. The Morgan fingerprint density at radius 1 is 1.19 bits per heavy atom. The normalized spacial score (nSPS) is 17.6. The molecule has 2 rings (SSSR count). The first-order valence-corrected chi connectivity index (χ1v) is 10.3. The van der Waals surface area contributed by atoms with Gasteiger partial charge < -0.3 is 19.6 Å². The number of halogens is 1. The Hall–Kier alpha value is -2.68. The Bertz CT molecular complexity index is 781. The maximum atomic E-state index is 14.1. The second-order valence-electron chi connectivity index (χ2n) is 8.50. The Labute approximate surface area is 182 Å². The summed E-state index contributed by atoms with van der Waals surface area (Å²) in [5, 5.41) is 9.80. The van der Waals surface area contributed by atoms with Crippen molar-refractivity contribution in [3.63, 3.8) is 0 Å². The van der Waals surface area contributed by atoms with Crippen LogP contribution in [-0.4, -0.2) is 82.3 Å². The summed E-state index contributed by atoms with van der Waals surface area (Å²) >= 11 is 0. The Balaban J connectivity index is 2.12. The Morgan fingerprint density at radius 3 is 2.29 bits per heavy atom. The van der Waals surface area contributed by atoms with Gasteiger partial charge in [0.15, 0.2) is 5.67 Å². The van der Waals surface area contributed by atoms with E-state index in [-0.39, 0.29) is 25.6 Å². The van der Waals surface area contributed by atoms with E-state index in [1.807, 2.05) is 30.3 Å². The van der Waals surface area contributed by atoms with Crippen LogP contribution in [0.3, 0.4) is 0 Å². The molecule has 31 heavy (non-hydrogen) atoms. The van der Waals surface area contributed by atoms with Gasteiger partial charge in [-0.1, -0.05) is 44.2 Å². The summed E-state index contributed by atoms with van der Waals surface area (Å²) in [6.07, 6.45) is -0.995. The fraction of sp³-hybridized carbons (Fsp3) is 0.591. The minimum atomic E-state index is -2.12. The standard InChI is InChI=1S/C22H32FN3O5/c1-15(2)18(19(28)31-14-16-9-7-6-8-10-16)24(5)21(30)26-12-11-25(17(26)13-27)20(29)22(3,4)23/h6-10,15,17-18,27H,11-14H2,1-5H3/t17?,18-/m0/s1. The first-order valence-electron chi connectivity index (χ1n) is 10.3. The fourth-order valence-electron chi connectivity index (χ4n) is 3.69. The smallest absolute Gasteiger partial charge is 0.329 e. The van der Waals surface area contributed by atoms with E-state index in [0.717, 1.165) is 24.3 Å². The largest absolute Gasteiger partial charge is 0.459 e. The zero-order chi connectivity index (χ0) is 23.3. The molecule has 0 bridgehead atoms. The van der Waals surface area contributed by atoms with Crippen LogP contribution in [0.15, 0.2) is 30.3 Å². The number of aliphatic hydroxyl groups is 1. The lowest BCUT2D eigenvalue weighted by Crippen LogP contribution is -2.56. The summed E-state index contributed by atoms with van der Waals surface area (Å²) in [5.41, 5.74) is -1.30. The van der Waals surface area contributed by atoms with Gasteiger partial charge in [-0.05, 0) is 25.3 Å². The number of likely N-dealkylation sites (N-methyl/N-ethyl adjacent to an activating group) is 1. The van der Waals surface area contributed by atoms with Crippen LogP contribution in [0.2, 0.25) is 0 Å². The van der Waals surface area contributed by atoms with E-state index in [4.69, 9.17) is 4.74 Å². The van der Waals surface area contributed by atoms with Crippen LogP contribution in [0.5, 0.6) is 0 Å². The van der Waals surface area contributed by atoms with Crippen molar-refractivity contribution in [2.45, 2.75) is 52.2 Å². The number of carbonyl (C=O) groups excluding carboxylic acids is 3. The number of benzene rings is 1. The van der Waals surface area contributed by atoms with E-state index in [2.05, 4.69) is 0 Å². The second kappa shape index (κ2) is 10.1. The highest BCUT2D eigenvalue weighted by molar-refractivity contribution is 5.87. The first-order chi connectivity index (χ1) is 14.5. The van der Waals surface area contributed by atoms with Gasteiger partial charge in [0, 0.05) is 20.1 Å². The zero-order valence-corrected chi connectivity index (χ0v) is 18.7. The van der Waals surface area contributed by atoms with Crippen molar-refractivity contribution in [3.8, 4) is 0 Å². The molecule has 1 aliphatic heterocycles. The topological polar surface area (TPSA) is 90.4 Å². The molecule has 1 saturated heterocycles. The number of urea groups is 1. The van der Waals surface area contributed by atoms with Crippen molar-refractivity contribution >= 4 is 17.9 Å². The highest BCUT2D eigenvalue weighted by Crippen LogP contribution is 2.24. The van der Waals surface area contributed by atoms with Gasteiger partial charge in [0.1, 0.15) is 18.8 Å². The second-order valence-corrected chi connectivity index (χ2v) is 8.50. The van der Waals surface area contributed by atoms with E-state index >= 15 is 0 Å². The third-order valence-corrected chi connectivity index (χ3v) is 5.30. The fourth-order valence-corrected chi connectivity index (χ4v) is 3.69. The van der Waals surface area contributed by atoms with Crippen LogP contribution in [-0.2, 0) is 20.9 Å². The van der Waals surface area contributed by atoms with Gasteiger partial charge in [-0.15, -0.1) is 0 Å². The summed E-state index contributed by atoms with van der Waals surface area (Å²) in [4.78, 5) is 42.0. The third-order valence-electron chi connectivity index (χ3n) is 5.30. The molecule has 1 fully saturated rings. The Morgan fingerprint density at radius 2 is 1.77 bits per heavy atom. The van der Waals surface area contributed by atoms with Crippen molar-refractivity contribution in [3.05, 3.63) is 35.9 Å². The monoisotopic (exact) mass is 437 g/mol. The zero-order valence-electron chi connectivity index (χ0n) is 18.7. The van der Waals surface area contributed by atoms with E-state index in [1.165, 1.54) is 16.8 Å². The molecule has 1 aromatic rings. The number of alkyl halides is 1. The average Bonchev–Trinajstić information content (AvgIpc) is 3.14. The van der Waals surface area contributed by atoms with Crippen LogP contribution < -0.4 is 0 Å². The van der Waals surface area contributed by atoms with E-state index in [1.54, 1.807) is 13.8 Å². The predicted molar refractivity (Wildman–Crippen MR) is 113 cm³/mol. The lowest BCUT2D eigenvalue weighted by molar-refractivity contribution is -0.152. The molecule has 0 saturated carbocycles. The van der Waals surface area contributed by atoms with E-state index < -0.39 is 42.4 Å². The van der Waals surface area contributed by atoms with Gasteiger partial charge in [-0.2, -0.15) is 0 Å². The number of hydrogen-bond donors (Lipinski definition) is 1. The van der Waals surface area contributed by atoms with Crippen molar-refractivity contribution < 1.29 is 28.6 Å². The highest BCUT2D eigenvalue weighted by atomic mass is 19.1. The maximum Gasteiger partial charge on any atom is 0.329 e. The maximum absolute atomic E-state index is 14.1. The van der Waals surface area contributed by atoms with Crippen molar-refractivity contribution in [1.29, 1.82) is 0 Å². The summed E-state index contributed by atoms with van der Waals surface area (Å²) in [6.45, 7) is 5.64. The summed E-state index contributed by atoms with van der Waals surface area (Å²) in [5.74, 6) is -1.59. The number of hydrogen-bond acceptors (Lipinski definition) is 5. The van der Waals surface area contributed by atoms with Gasteiger partial charge in [0.25, 0.3) is 5.91 Å². The van der Waals surface area contributed by atoms with Crippen molar-refractivity contribution in [2.75, 3.05) is 26.7 Å². The number of nitrogens with zero attached hydrogens (tertiary/aromatic N) is 3. The molecule has 1 N–H and O–H groups in total. The van der Waals surface area contributed by atoms with Crippen molar-refractivity contribution in [1.82, 2.24) is 14.7 Å². The van der Waals surface area contributed by atoms with Crippen LogP contribution >= 0.6 is 0 Å². The Kier molecular flexibility index (Phi) is 8.00. The number of rotatable bonds is 7. The minimum absolute atomic E-state index is 0.0851. The van der Waals surface area contributed by atoms with Gasteiger partial charge in [-0.3, -0.25) is 9.69 Å². The molecule has 9 heteroatoms. The molecule has 2 atom stereocenters. The van der Waals surface area contributed by atoms with Crippen LogP contribution in [0.25, 0.3) is 0 Å². The molecule has 172 valence electrons. The molecule has 0 aromatic heterocycles. The molecule has 0 aliphatic carbocycles. The lowest BCUT2D eigenvalue weighted by Gasteiger charge is -2.36. The van der Waals surface area contributed by atoms with Crippen molar-refractivity contribution in [2.24, 2.45) is 5.92 Å². The number of esters is 1. The average molecular weight is 438 g/mol. The molecule has 1 aromatic carbocycles. The van der Waals surface area contributed by atoms with Gasteiger partial charge in [0.05, 0.1) is 6.61 Å². The first kappa shape index (κ1) is 24.6. The van der Waals surface area contributed by atoms with Crippen LogP contribution in [0, 0.1) is 5.92 Å². The summed E-state index contributed by atoms with van der Waals surface area (Å²) in [7, 11) is 1.48. The number of aliphatic hydroxyl groups excluding tert-OH is 1. The summed E-state index contributed by atoms with van der Waals surface area (Å²) < 4.78 is 19.6. The van der Waals surface area contributed by atoms with Gasteiger partial charge >= 0.3 is 12.0 Å². The molecule has 1 heterocycles. The van der Waals surface area contributed by atoms with Crippen LogP contribution in [0.1, 0.15) is 33.3 Å². The molecular weight excluding hydrogens is 405 g/mol. The van der Waals surface area contributed by atoms with E-state index in [0.29, 0.717) is 0 Å². The molecule has 0 spiro atoms. The number of carbonyl (C=O) groups is 3. The van der Waals surface area contributed by atoms with Crippen LogP contribution in [0.4, 0.5) is 9.18 Å². The number of ether oxygens (including phenoxy) is 1. The summed E-state index contributed by atoms with van der Waals surface area (Å²) in [6, 6.07) is 7.81. The predicted octanol–water partition coefficient (Wildman–Crippen LogP) is 2.02. The van der Waals surface area contributed by atoms with Gasteiger partial charge in [-0.25, -0.2) is 14.0 Å². The van der Waals surface area contributed by atoms with E-state index in [9.17, 15) is 23.9 Å². The van der Waals surface area contributed by atoms with Gasteiger partial charge in [0.2, 0.25) is 0 Å². The molecule has 1 aliphatic rings. The minimum Gasteiger partial charge on any atom is -0.459 e. The highest BCUT2D eigenvalue weighted by Gasteiger charge is 2.45. The molecular formula is C22H32FN3O5. The quantitative estimate of drug-likeness (QED) is 0.659. The molecule has 3 amide bonds. The molecule has 1 unspecified atom stereocenters. The molecule has 8 nitrogen and oxygen atoms in total. The lowest BCUT2D eigenvalue weighted by atomic mass is 10.0. The molecule has 0 radical (unpaired) electrons. The number of amides is 3.